The minimum Gasteiger partial charge on any atom is -0.489 e. The molecule has 6 nitrogen and oxygen atoms in total. The molecule has 3 aromatic carbocycles. The molecule has 0 aliphatic rings. The van der Waals surface area contributed by atoms with Crippen molar-refractivity contribution in [2.45, 2.75) is 26.0 Å². The lowest BCUT2D eigenvalue weighted by atomic mass is 10.0. The molecule has 0 saturated carbocycles. The molecule has 2 N–H and O–H groups in total. The Morgan fingerprint density at radius 1 is 0.968 bits per heavy atom. The Labute approximate surface area is 181 Å². The second-order valence-electron chi connectivity index (χ2n) is 7.52. The average molecular weight is 418 g/mol. The van der Waals surface area contributed by atoms with Crippen LogP contribution in [0.1, 0.15) is 19.4 Å². The molecule has 0 unspecified atom stereocenters. The second kappa shape index (κ2) is 9.80. The molecular weight excluding hydrogens is 392 g/mol. The zero-order valence-corrected chi connectivity index (χ0v) is 17.7. The maximum Gasteiger partial charge on any atom is 0.408 e. The first-order chi connectivity index (χ1) is 14.9. The van der Waals surface area contributed by atoms with Crippen LogP contribution in [0.5, 0.6) is 5.75 Å². The third kappa shape index (κ3) is 5.63. The van der Waals surface area contributed by atoms with E-state index in [1.807, 2.05) is 54.6 Å². The van der Waals surface area contributed by atoms with Gasteiger partial charge in [0, 0.05) is 16.5 Å². The van der Waals surface area contributed by atoms with Gasteiger partial charge in [0.05, 0.1) is 0 Å². The molecule has 2 amide bonds. The molecule has 160 valence electrons. The smallest absolute Gasteiger partial charge is 0.408 e. The lowest BCUT2D eigenvalue weighted by molar-refractivity contribution is -0.121. The number of rotatable bonds is 8. The number of fused-ring (bicyclic) bond motifs is 1. The molecule has 3 aromatic rings. The fourth-order valence-electron chi connectivity index (χ4n) is 3.00. The summed E-state index contributed by atoms with van der Waals surface area (Å²) in [5.41, 5.74) is 0.302. The molecule has 0 spiro atoms. The predicted molar refractivity (Wildman–Crippen MR) is 122 cm³/mol. The molecule has 0 fully saturated rings. The van der Waals surface area contributed by atoms with E-state index in [1.165, 1.54) is 0 Å². The largest absolute Gasteiger partial charge is 0.489 e. The zero-order chi connectivity index (χ0) is 22.3. The highest BCUT2D eigenvalue weighted by Crippen LogP contribution is 2.32. The molecule has 0 heterocycles. The Balaban J connectivity index is 1.69. The maximum atomic E-state index is 12.9. The number of alkyl carbamates (subject to hydrolysis) is 1. The van der Waals surface area contributed by atoms with Crippen LogP contribution in [0.15, 0.2) is 79.4 Å². The first-order valence-corrected chi connectivity index (χ1v) is 9.96. The topological polar surface area (TPSA) is 76.7 Å². The number of hydrogen-bond acceptors (Lipinski definition) is 4. The van der Waals surface area contributed by atoms with Gasteiger partial charge in [-0.25, -0.2) is 4.79 Å². The number of nitrogens with one attached hydrogen (secondary N) is 2. The zero-order valence-electron chi connectivity index (χ0n) is 17.7. The Morgan fingerprint density at radius 3 is 2.35 bits per heavy atom. The van der Waals surface area contributed by atoms with E-state index in [2.05, 4.69) is 17.2 Å². The van der Waals surface area contributed by atoms with Gasteiger partial charge in [0.15, 0.2) is 0 Å². The number of anilines is 1. The van der Waals surface area contributed by atoms with Crippen molar-refractivity contribution in [3.05, 3.63) is 84.9 Å². The first-order valence-electron chi connectivity index (χ1n) is 9.96. The quantitative estimate of drug-likeness (QED) is 0.502. The van der Waals surface area contributed by atoms with E-state index in [9.17, 15) is 9.59 Å². The Kier molecular flexibility index (Phi) is 6.92. The van der Waals surface area contributed by atoms with E-state index in [0.29, 0.717) is 18.0 Å². The molecule has 0 aliphatic heterocycles. The van der Waals surface area contributed by atoms with Crippen LogP contribution in [-0.4, -0.2) is 24.1 Å². The number of amides is 2. The molecule has 0 bridgehead atoms. The van der Waals surface area contributed by atoms with Crippen LogP contribution in [0.4, 0.5) is 10.5 Å². The summed E-state index contributed by atoms with van der Waals surface area (Å²) in [6, 6.07) is 20.5. The van der Waals surface area contributed by atoms with Crippen LogP contribution < -0.4 is 15.4 Å². The van der Waals surface area contributed by atoms with Crippen molar-refractivity contribution in [1.82, 2.24) is 5.32 Å². The van der Waals surface area contributed by atoms with Crippen LogP contribution in [-0.2, 0) is 16.1 Å². The molecule has 0 aromatic heterocycles. The normalized spacial score (nSPS) is 10.9. The predicted octanol–water partition coefficient (Wildman–Crippen LogP) is 5.05. The third-order valence-corrected chi connectivity index (χ3v) is 4.68. The van der Waals surface area contributed by atoms with Crippen LogP contribution in [0.25, 0.3) is 10.8 Å². The molecular formula is C25H26N2O4. The van der Waals surface area contributed by atoms with Gasteiger partial charge in [-0.1, -0.05) is 67.3 Å². The molecule has 0 saturated heterocycles. The van der Waals surface area contributed by atoms with E-state index in [4.69, 9.17) is 9.47 Å². The highest BCUT2D eigenvalue weighted by molar-refractivity contribution is 6.07. The fraction of sp³-hybridized carbons (Fsp3) is 0.200. The third-order valence-electron chi connectivity index (χ3n) is 4.68. The summed E-state index contributed by atoms with van der Waals surface area (Å²) < 4.78 is 10.9. The summed E-state index contributed by atoms with van der Waals surface area (Å²) in [6.07, 6.45) is 1.01. The van der Waals surface area contributed by atoms with Gasteiger partial charge < -0.3 is 20.1 Å². The second-order valence-corrected chi connectivity index (χ2v) is 7.52. The monoisotopic (exact) mass is 418 g/mol. The number of hydrogen-bond donors (Lipinski definition) is 2. The maximum absolute atomic E-state index is 12.9. The average Bonchev–Trinajstić information content (AvgIpc) is 2.77. The number of carbonyl (C=O) groups excluding carboxylic acids is 2. The highest BCUT2D eigenvalue weighted by atomic mass is 16.5. The van der Waals surface area contributed by atoms with Crippen molar-refractivity contribution < 1.29 is 19.1 Å². The van der Waals surface area contributed by atoms with Gasteiger partial charge in [-0.3, -0.25) is 4.79 Å². The molecule has 0 atom stereocenters. The molecule has 6 heteroatoms. The Bertz CT molecular complexity index is 1080. The van der Waals surface area contributed by atoms with Gasteiger partial charge in [0.2, 0.25) is 5.91 Å². The molecule has 0 radical (unpaired) electrons. The van der Waals surface area contributed by atoms with E-state index in [1.54, 1.807) is 32.1 Å². The van der Waals surface area contributed by atoms with Crippen molar-refractivity contribution >= 4 is 28.5 Å². The van der Waals surface area contributed by atoms with Crippen LogP contribution in [0, 0.1) is 0 Å². The summed E-state index contributed by atoms with van der Waals surface area (Å²) in [7, 11) is 0. The van der Waals surface area contributed by atoms with Gasteiger partial charge in [0.1, 0.15) is 24.5 Å². The van der Waals surface area contributed by atoms with Crippen molar-refractivity contribution in [3.8, 4) is 5.75 Å². The van der Waals surface area contributed by atoms with E-state index in [0.717, 1.165) is 16.3 Å². The van der Waals surface area contributed by atoms with Crippen molar-refractivity contribution in [2.75, 3.05) is 11.9 Å². The molecule has 0 aliphatic carbocycles. The fourth-order valence-corrected chi connectivity index (χ4v) is 3.00. The molecule has 3 rings (SSSR count). The summed E-state index contributed by atoms with van der Waals surface area (Å²) in [4.78, 5) is 25.1. The molecule has 31 heavy (non-hydrogen) atoms. The summed E-state index contributed by atoms with van der Waals surface area (Å²) in [5, 5.41) is 7.23. The van der Waals surface area contributed by atoms with Gasteiger partial charge in [-0.2, -0.15) is 0 Å². The highest BCUT2D eigenvalue weighted by Gasteiger charge is 2.30. The van der Waals surface area contributed by atoms with E-state index in [-0.39, 0.29) is 12.5 Å². The standard InChI is InChI=1S/C25H26N2O4/c1-4-16-30-22-15-14-21(19-12-8-9-13-20(19)22)26-23(28)25(2,3)27-24(29)31-17-18-10-6-5-7-11-18/h4-15H,1,16-17H2,2-3H3,(H,26,28)(H,27,29). The SMILES string of the molecule is C=CCOc1ccc(NC(=O)C(C)(C)NC(=O)OCc2ccccc2)c2ccccc12. The van der Waals surface area contributed by atoms with Crippen molar-refractivity contribution in [3.63, 3.8) is 0 Å². The van der Waals surface area contributed by atoms with E-state index >= 15 is 0 Å². The van der Waals surface area contributed by atoms with Gasteiger partial charge in [0.25, 0.3) is 0 Å². The first kappa shape index (κ1) is 21.9. The van der Waals surface area contributed by atoms with Crippen LogP contribution in [0.3, 0.4) is 0 Å². The number of carbonyl (C=O) groups is 2. The van der Waals surface area contributed by atoms with Crippen LogP contribution in [0.2, 0.25) is 0 Å². The van der Waals surface area contributed by atoms with Gasteiger partial charge >= 0.3 is 6.09 Å². The lowest BCUT2D eigenvalue weighted by Crippen LogP contribution is -2.52. The van der Waals surface area contributed by atoms with Crippen LogP contribution >= 0.6 is 0 Å². The van der Waals surface area contributed by atoms with Crippen molar-refractivity contribution in [1.29, 1.82) is 0 Å². The Morgan fingerprint density at radius 2 is 1.65 bits per heavy atom. The van der Waals surface area contributed by atoms with Gasteiger partial charge in [-0.05, 0) is 31.5 Å². The summed E-state index contributed by atoms with van der Waals surface area (Å²) in [5.74, 6) is 0.337. The van der Waals surface area contributed by atoms with Crippen molar-refractivity contribution in [2.24, 2.45) is 0 Å². The van der Waals surface area contributed by atoms with Gasteiger partial charge in [-0.15, -0.1) is 0 Å². The summed E-state index contributed by atoms with van der Waals surface area (Å²) >= 11 is 0. The number of ether oxygens (including phenoxy) is 2. The number of benzene rings is 3. The minimum atomic E-state index is -1.19. The van der Waals surface area contributed by atoms with E-state index < -0.39 is 11.6 Å². The minimum absolute atomic E-state index is 0.126. The summed E-state index contributed by atoms with van der Waals surface area (Å²) in [6.45, 7) is 7.42. The Hall–Kier alpha value is -3.80. The lowest BCUT2D eigenvalue weighted by Gasteiger charge is -2.25.